The molecule has 0 saturated heterocycles. The lowest BCUT2D eigenvalue weighted by atomic mass is 10.6. The summed E-state index contributed by atoms with van der Waals surface area (Å²) in [5.74, 6) is -3.28. The summed E-state index contributed by atoms with van der Waals surface area (Å²) in [7, 11) is 0. The van der Waals surface area contributed by atoms with Crippen molar-refractivity contribution in [1.29, 1.82) is 0 Å². The lowest BCUT2D eigenvalue weighted by Crippen LogP contribution is -2.38. The predicted octanol–water partition coefficient (Wildman–Crippen LogP) is -0.918. The third kappa shape index (κ3) is 4.50. The van der Waals surface area contributed by atoms with Gasteiger partial charge in [-0.05, 0) is 0 Å². The van der Waals surface area contributed by atoms with Gasteiger partial charge < -0.3 is 5.73 Å². The maximum absolute atomic E-state index is 11.4. The lowest BCUT2D eigenvalue weighted by Gasteiger charge is -2.05. The van der Waals surface area contributed by atoms with Crippen molar-refractivity contribution in [2.24, 2.45) is 5.73 Å². The average Bonchev–Trinajstić information content (AvgIpc) is 1.84. The number of halogens is 3. The number of carbonyl (C=O) groups excluding carboxylic acids is 2. The first-order valence-corrected chi connectivity index (χ1v) is 2.61. The molecule has 2 amide bonds. The first kappa shape index (κ1) is 10.7. The van der Waals surface area contributed by atoms with Crippen LogP contribution in [-0.4, -0.2) is 24.6 Å². The number of hydrogen-bond acceptors (Lipinski definition) is 3. The fourth-order valence-corrected chi connectivity index (χ4v) is 0.231. The predicted molar refractivity (Wildman–Crippen MR) is 29.3 cm³/mol. The van der Waals surface area contributed by atoms with Crippen LogP contribution in [0.3, 0.4) is 0 Å². The number of primary amides is 1. The van der Waals surface area contributed by atoms with E-state index in [1.54, 1.807) is 0 Å². The number of rotatable bonds is 3. The van der Waals surface area contributed by atoms with Gasteiger partial charge in [0.1, 0.15) is 0 Å². The Balaban J connectivity index is 3.66. The highest BCUT2D eigenvalue weighted by molar-refractivity contribution is 5.81. The molecule has 5 nitrogen and oxygen atoms in total. The average molecular weight is 186 g/mol. The number of alkyl halides is 3. The molecule has 70 valence electrons. The smallest absolute Gasteiger partial charge is 0.368 e. The molecule has 12 heavy (non-hydrogen) atoms. The molecule has 0 rings (SSSR count). The Morgan fingerprint density at radius 2 is 1.92 bits per heavy atom. The zero-order valence-electron chi connectivity index (χ0n) is 5.64. The summed E-state index contributed by atoms with van der Waals surface area (Å²) in [6.07, 6.45) is -5.03. The summed E-state index contributed by atoms with van der Waals surface area (Å²) < 4.78 is 34.1. The SMILES string of the molecule is NC(=O)CONC(=O)C(F)(F)F. The normalized spacial score (nSPS) is 10.9. The van der Waals surface area contributed by atoms with Crippen molar-refractivity contribution in [3.05, 3.63) is 0 Å². The second-order valence-electron chi connectivity index (χ2n) is 1.68. The zero-order chi connectivity index (χ0) is 9.78. The van der Waals surface area contributed by atoms with E-state index in [0.29, 0.717) is 0 Å². The topological polar surface area (TPSA) is 81.4 Å². The molecular formula is C4H5F3N2O3. The summed E-state index contributed by atoms with van der Waals surface area (Å²) >= 11 is 0. The molecule has 3 N–H and O–H groups in total. The van der Waals surface area contributed by atoms with E-state index in [1.807, 2.05) is 0 Å². The van der Waals surface area contributed by atoms with Crippen molar-refractivity contribution < 1.29 is 27.6 Å². The van der Waals surface area contributed by atoms with Crippen LogP contribution in [0.2, 0.25) is 0 Å². The minimum Gasteiger partial charge on any atom is -0.368 e. The Morgan fingerprint density at radius 1 is 1.42 bits per heavy atom. The van der Waals surface area contributed by atoms with Crippen molar-refractivity contribution in [1.82, 2.24) is 5.48 Å². The van der Waals surface area contributed by atoms with Gasteiger partial charge in [-0.15, -0.1) is 0 Å². The van der Waals surface area contributed by atoms with Gasteiger partial charge in [0.15, 0.2) is 6.61 Å². The quantitative estimate of drug-likeness (QED) is 0.559. The van der Waals surface area contributed by atoms with Crippen LogP contribution in [0.15, 0.2) is 0 Å². The molecule has 0 fully saturated rings. The molecule has 0 saturated carbocycles. The fourth-order valence-electron chi connectivity index (χ4n) is 0.231. The van der Waals surface area contributed by atoms with E-state index in [4.69, 9.17) is 0 Å². The third-order valence-electron chi connectivity index (χ3n) is 0.637. The van der Waals surface area contributed by atoms with E-state index in [2.05, 4.69) is 10.6 Å². The Kier molecular flexibility index (Phi) is 3.48. The second-order valence-corrected chi connectivity index (χ2v) is 1.68. The van der Waals surface area contributed by atoms with Crippen molar-refractivity contribution in [2.75, 3.05) is 6.61 Å². The molecular weight excluding hydrogens is 181 g/mol. The molecule has 8 heteroatoms. The van der Waals surface area contributed by atoms with Crippen LogP contribution >= 0.6 is 0 Å². The summed E-state index contributed by atoms with van der Waals surface area (Å²) in [6, 6.07) is 0. The molecule has 0 aliphatic carbocycles. The first-order valence-electron chi connectivity index (χ1n) is 2.61. The largest absolute Gasteiger partial charge is 0.473 e. The van der Waals surface area contributed by atoms with Crippen LogP contribution < -0.4 is 11.2 Å². The number of hydroxylamine groups is 1. The Morgan fingerprint density at radius 3 is 2.25 bits per heavy atom. The number of amides is 2. The minimum atomic E-state index is -5.03. The monoisotopic (exact) mass is 186 g/mol. The molecule has 0 aromatic heterocycles. The highest BCUT2D eigenvalue weighted by atomic mass is 19.4. The van der Waals surface area contributed by atoms with Crippen molar-refractivity contribution in [3.63, 3.8) is 0 Å². The fraction of sp³-hybridized carbons (Fsp3) is 0.500. The Labute approximate surface area is 64.6 Å². The van der Waals surface area contributed by atoms with Crippen molar-refractivity contribution >= 4 is 11.8 Å². The number of nitrogens with two attached hydrogens (primary N) is 1. The van der Waals surface area contributed by atoms with Crippen LogP contribution in [-0.2, 0) is 14.4 Å². The van der Waals surface area contributed by atoms with Gasteiger partial charge in [-0.25, -0.2) is 5.48 Å². The summed E-state index contributed by atoms with van der Waals surface area (Å²) in [5.41, 5.74) is 5.48. The van der Waals surface area contributed by atoms with Gasteiger partial charge in [0.05, 0.1) is 0 Å². The number of carbonyl (C=O) groups is 2. The van der Waals surface area contributed by atoms with Gasteiger partial charge in [-0.2, -0.15) is 13.2 Å². The van der Waals surface area contributed by atoms with E-state index >= 15 is 0 Å². The van der Waals surface area contributed by atoms with Crippen LogP contribution in [0.5, 0.6) is 0 Å². The Hall–Kier alpha value is -1.31. The van der Waals surface area contributed by atoms with E-state index in [9.17, 15) is 22.8 Å². The standard InChI is InChI=1S/C4H5F3N2O3/c5-4(6,7)3(11)9-12-1-2(8)10/h1H2,(H2,8,10)(H,9,11). The first-order chi connectivity index (χ1) is 5.34. The van der Waals surface area contributed by atoms with Crippen molar-refractivity contribution in [3.8, 4) is 0 Å². The van der Waals surface area contributed by atoms with Gasteiger partial charge in [-0.1, -0.05) is 0 Å². The number of nitrogens with one attached hydrogen (secondary N) is 1. The summed E-state index contributed by atoms with van der Waals surface area (Å²) in [4.78, 5) is 23.6. The van der Waals surface area contributed by atoms with Gasteiger partial charge in [-0.3, -0.25) is 14.4 Å². The highest BCUT2D eigenvalue weighted by Crippen LogP contribution is 2.13. The molecule has 0 heterocycles. The van der Waals surface area contributed by atoms with E-state index in [-0.39, 0.29) is 0 Å². The van der Waals surface area contributed by atoms with Gasteiger partial charge in [0.25, 0.3) is 0 Å². The zero-order valence-corrected chi connectivity index (χ0v) is 5.64. The van der Waals surface area contributed by atoms with Gasteiger partial charge in [0, 0.05) is 0 Å². The molecule has 0 aliphatic rings. The molecule has 0 atom stereocenters. The highest BCUT2D eigenvalue weighted by Gasteiger charge is 2.39. The summed E-state index contributed by atoms with van der Waals surface area (Å²) in [5, 5.41) is 0. The van der Waals surface area contributed by atoms with E-state index < -0.39 is 24.6 Å². The van der Waals surface area contributed by atoms with E-state index in [1.165, 1.54) is 0 Å². The van der Waals surface area contributed by atoms with Crippen molar-refractivity contribution in [2.45, 2.75) is 6.18 Å². The molecule has 0 aromatic carbocycles. The molecule has 0 aromatic rings. The minimum absolute atomic E-state index is 0.804. The lowest BCUT2D eigenvalue weighted by molar-refractivity contribution is -0.186. The molecule has 0 spiro atoms. The van der Waals surface area contributed by atoms with Gasteiger partial charge >= 0.3 is 12.1 Å². The van der Waals surface area contributed by atoms with E-state index in [0.717, 1.165) is 5.48 Å². The molecule has 0 aliphatic heterocycles. The summed E-state index contributed by atoms with van der Waals surface area (Å²) in [6.45, 7) is -0.804. The van der Waals surface area contributed by atoms with Crippen LogP contribution in [0.4, 0.5) is 13.2 Å². The van der Waals surface area contributed by atoms with Crippen LogP contribution in [0.25, 0.3) is 0 Å². The second kappa shape index (κ2) is 3.90. The van der Waals surface area contributed by atoms with Crippen LogP contribution in [0.1, 0.15) is 0 Å². The number of hydrogen-bond donors (Lipinski definition) is 2. The Bertz CT molecular complexity index is 190. The van der Waals surface area contributed by atoms with Gasteiger partial charge in [0.2, 0.25) is 5.91 Å². The molecule has 0 radical (unpaired) electrons. The maximum atomic E-state index is 11.4. The molecule has 0 bridgehead atoms. The third-order valence-corrected chi connectivity index (χ3v) is 0.637. The maximum Gasteiger partial charge on any atom is 0.473 e. The molecule has 0 unspecified atom stereocenters. The van der Waals surface area contributed by atoms with Crippen LogP contribution in [0, 0.1) is 0 Å².